The molecule has 0 aliphatic heterocycles. The summed E-state index contributed by atoms with van der Waals surface area (Å²) in [6, 6.07) is 19.8. The minimum atomic E-state index is -3.59. The molecule has 0 fully saturated rings. The molecule has 6 nitrogen and oxygen atoms in total. The van der Waals surface area contributed by atoms with E-state index in [1.54, 1.807) is 25.3 Å². The van der Waals surface area contributed by atoms with Crippen molar-refractivity contribution in [2.24, 2.45) is 0 Å². The largest absolute Gasteiger partial charge is 0.497 e. The highest BCUT2D eigenvalue weighted by Gasteiger charge is 2.13. The topological polar surface area (TPSA) is 84.5 Å². The van der Waals surface area contributed by atoms with Crippen molar-refractivity contribution in [3.05, 3.63) is 72.3 Å². The lowest BCUT2D eigenvalue weighted by molar-refractivity contribution is -0.121. The number of benzene rings is 3. The molecule has 0 aliphatic carbocycles. The number of fused-ring (bicyclic) bond motifs is 1. The lowest BCUT2D eigenvalue weighted by atomic mass is 10.1. The summed E-state index contributed by atoms with van der Waals surface area (Å²) < 4.78 is 31.9. The first-order valence-corrected chi connectivity index (χ1v) is 10.3. The third-order valence-corrected chi connectivity index (χ3v) is 5.78. The van der Waals surface area contributed by atoms with Crippen LogP contribution in [0.25, 0.3) is 10.8 Å². The minimum Gasteiger partial charge on any atom is -0.497 e. The number of carbonyl (C=O) groups is 1. The van der Waals surface area contributed by atoms with Crippen LogP contribution in [0.4, 0.5) is 0 Å². The maximum atomic E-state index is 12.1. The molecule has 1 amide bonds. The van der Waals surface area contributed by atoms with Gasteiger partial charge in [-0.2, -0.15) is 0 Å². The molecule has 0 heterocycles. The molecule has 0 atom stereocenters. The molecule has 146 valence electrons. The van der Waals surface area contributed by atoms with Crippen molar-refractivity contribution in [2.75, 3.05) is 13.7 Å². The highest BCUT2D eigenvalue weighted by molar-refractivity contribution is 7.89. The van der Waals surface area contributed by atoms with Gasteiger partial charge >= 0.3 is 0 Å². The van der Waals surface area contributed by atoms with E-state index in [1.165, 1.54) is 12.1 Å². The molecule has 0 bridgehead atoms. The molecule has 0 saturated heterocycles. The van der Waals surface area contributed by atoms with Crippen LogP contribution in [0.2, 0.25) is 0 Å². The van der Waals surface area contributed by atoms with Gasteiger partial charge in [-0.05, 0) is 46.7 Å². The summed E-state index contributed by atoms with van der Waals surface area (Å²) in [5, 5.41) is 4.93. The van der Waals surface area contributed by atoms with Gasteiger partial charge < -0.3 is 10.1 Å². The van der Waals surface area contributed by atoms with E-state index < -0.39 is 10.0 Å². The van der Waals surface area contributed by atoms with E-state index in [2.05, 4.69) is 10.0 Å². The van der Waals surface area contributed by atoms with Crippen molar-refractivity contribution in [1.29, 1.82) is 0 Å². The minimum absolute atomic E-state index is 0.0422. The van der Waals surface area contributed by atoms with Crippen molar-refractivity contribution in [2.45, 2.75) is 17.9 Å². The fraction of sp³-hybridized carbons (Fsp3) is 0.190. The number of carbonyl (C=O) groups excluding carboxylic acids is 1. The quantitative estimate of drug-likeness (QED) is 0.611. The molecular formula is C21H22N2O4S. The Hall–Kier alpha value is -2.90. The molecule has 0 saturated carbocycles. The van der Waals surface area contributed by atoms with Crippen molar-refractivity contribution < 1.29 is 17.9 Å². The Morgan fingerprint density at radius 2 is 1.68 bits per heavy atom. The Morgan fingerprint density at radius 1 is 0.964 bits per heavy atom. The number of hydrogen-bond donors (Lipinski definition) is 2. The van der Waals surface area contributed by atoms with Crippen LogP contribution in [0.1, 0.15) is 12.0 Å². The zero-order valence-electron chi connectivity index (χ0n) is 15.5. The van der Waals surface area contributed by atoms with Gasteiger partial charge in [0.1, 0.15) is 5.75 Å². The molecular weight excluding hydrogens is 376 g/mol. The van der Waals surface area contributed by atoms with Crippen molar-refractivity contribution in [1.82, 2.24) is 10.0 Å². The fourth-order valence-electron chi connectivity index (χ4n) is 2.78. The molecule has 3 rings (SSSR count). The fourth-order valence-corrected chi connectivity index (χ4v) is 3.83. The Morgan fingerprint density at radius 3 is 2.43 bits per heavy atom. The second kappa shape index (κ2) is 8.86. The maximum absolute atomic E-state index is 12.1. The summed E-state index contributed by atoms with van der Waals surface area (Å²) in [6.45, 7) is 0.423. The third-order valence-electron chi connectivity index (χ3n) is 4.30. The zero-order chi connectivity index (χ0) is 20.0. The average molecular weight is 398 g/mol. The lowest BCUT2D eigenvalue weighted by Crippen LogP contribution is -2.30. The molecule has 0 radical (unpaired) electrons. The van der Waals surface area contributed by atoms with E-state index in [1.807, 2.05) is 36.4 Å². The molecule has 2 N–H and O–H groups in total. The summed E-state index contributed by atoms with van der Waals surface area (Å²) in [4.78, 5) is 12.2. The number of ether oxygens (including phenoxy) is 1. The zero-order valence-corrected chi connectivity index (χ0v) is 16.3. The van der Waals surface area contributed by atoms with Crippen molar-refractivity contribution in [3.8, 4) is 5.75 Å². The van der Waals surface area contributed by atoms with Crippen molar-refractivity contribution >= 4 is 26.7 Å². The van der Waals surface area contributed by atoms with E-state index in [9.17, 15) is 13.2 Å². The molecule has 0 unspecified atom stereocenters. The molecule has 3 aromatic rings. The molecule has 3 aromatic carbocycles. The van der Waals surface area contributed by atoms with Crippen LogP contribution in [0.5, 0.6) is 5.75 Å². The second-order valence-corrected chi connectivity index (χ2v) is 8.05. The Balaban J connectivity index is 1.50. The van der Waals surface area contributed by atoms with E-state index in [0.29, 0.717) is 6.54 Å². The van der Waals surface area contributed by atoms with Gasteiger partial charge in [-0.15, -0.1) is 0 Å². The predicted octanol–water partition coefficient (Wildman–Crippen LogP) is 2.83. The van der Waals surface area contributed by atoms with Gasteiger partial charge in [-0.3, -0.25) is 4.79 Å². The maximum Gasteiger partial charge on any atom is 0.240 e. The van der Waals surface area contributed by atoms with Crippen LogP contribution in [0.3, 0.4) is 0 Å². The second-order valence-electron chi connectivity index (χ2n) is 6.28. The van der Waals surface area contributed by atoms with Crippen molar-refractivity contribution in [3.63, 3.8) is 0 Å². The van der Waals surface area contributed by atoms with Crippen LogP contribution in [0.15, 0.2) is 71.6 Å². The SMILES string of the molecule is COc1ccc2cc(CNC(=O)CCNS(=O)(=O)c3ccccc3)ccc2c1. The van der Waals surface area contributed by atoms with Gasteiger partial charge in [-0.1, -0.05) is 36.4 Å². The third kappa shape index (κ3) is 5.09. The summed E-state index contributed by atoms with van der Waals surface area (Å²) in [5.74, 6) is 0.581. The van der Waals surface area contributed by atoms with Crippen LogP contribution >= 0.6 is 0 Å². The first kappa shape index (κ1) is 19.9. The normalized spacial score (nSPS) is 11.3. The predicted molar refractivity (Wildman–Crippen MR) is 109 cm³/mol. The molecule has 0 aliphatic rings. The molecule has 0 aromatic heterocycles. The van der Waals surface area contributed by atoms with E-state index in [-0.39, 0.29) is 23.8 Å². The van der Waals surface area contributed by atoms with Crippen LogP contribution in [-0.2, 0) is 21.4 Å². The number of nitrogens with one attached hydrogen (secondary N) is 2. The molecule has 28 heavy (non-hydrogen) atoms. The number of sulfonamides is 1. The summed E-state index contributed by atoms with van der Waals surface area (Å²) >= 11 is 0. The first-order valence-electron chi connectivity index (χ1n) is 8.86. The monoisotopic (exact) mass is 398 g/mol. The van der Waals surface area contributed by atoms with Gasteiger partial charge in [0.15, 0.2) is 0 Å². The van der Waals surface area contributed by atoms with Crippen LogP contribution in [0, 0.1) is 0 Å². The highest BCUT2D eigenvalue weighted by atomic mass is 32.2. The standard InChI is InChI=1S/C21H22N2O4S/c1-27-19-10-9-17-13-16(7-8-18(17)14-19)15-22-21(24)11-12-23-28(25,26)20-5-3-2-4-6-20/h2-10,13-14,23H,11-12,15H2,1H3,(H,22,24). The highest BCUT2D eigenvalue weighted by Crippen LogP contribution is 2.21. The first-order chi connectivity index (χ1) is 13.5. The van der Waals surface area contributed by atoms with Gasteiger partial charge in [0.05, 0.1) is 12.0 Å². The Kier molecular flexibility index (Phi) is 6.28. The van der Waals surface area contributed by atoms with Gasteiger partial charge in [0, 0.05) is 19.5 Å². The number of amides is 1. The lowest BCUT2D eigenvalue weighted by Gasteiger charge is -2.09. The Bertz CT molecular complexity index is 1070. The number of hydrogen-bond acceptors (Lipinski definition) is 4. The summed E-state index contributed by atoms with van der Waals surface area (Å²) in [6.07, 6.45) is 0.0663. The van der Waals surface area contributed by atoms with E-state index in [0.717, 1.165) is 22.1 Å². The molecule has 0 spiro atoms. The van der Waals surface area contributed by atoms with Gasteiger partial charge in [0.2, 0.25) is 15.9 Å². The van der Waals surface area contributed by atoms with E-state index in [4.69, 9.17) is 4.74 Å². The van der Waals surface area contributed by atoms with Crippen LogP contribution in [-0.4, -0.2) is 28.0 Å². The van der Waals surface area contributed by atoms with Gasteiger partial charge in [-0.25, -0.2) is 13.1 Å². The van der Waals surface area contributed by atoms with Crippen LogP contribution < -0.4 is 14.8 Å². The number of rotatable bonds is 8. The Labute approximate surface area is 164 Å². The van der Waals surface area contributed by atoms with E-state index >= 15 is 0 Å². The summed E-state index contributed by atoms with van der Waals surface area (Å²) in [7, 11) is -1.96. The average Bonchev–Trinajstić information content (AvgIpc) is 2.72. The number of methoxy groups -OCH3 is 1. The summed E-state index contributed by atoms with van der Waals surface area (Å²) in [5.41, 5.74) is 0.968. The smallest absolute Gasteiger partial charge is 0.240 e. The molecule has 7 heteroatoms. The van der Waals surface area contributed by atoms with Gasteiger partial charge in [0.25, 0.3) is 0 Å².